The van der Waals surface area contributed by atoms with Gasteiger partial charge in [0.1, 0.15) is 4.34 Å². The van der Waals surface area contributed by atoms with Crippen LogP contribution >= 0.6 is 38.9 Å². The topological polar surface area (TPSA) is 46.2 Å². The molecule has 2 rings (SSSR count). The summed E-state index contributed by atoms with van der Waals surface area (Å²) in [5, 5.41) is 2.22. The zero-order valence-electron chi connectivity index (χ0n) is 7.34. The molecule has 1 saturated heterocycles. The van der Waals surface area contributed by atoms with Crippen molar-refractivity contribution in [3.05, 3.63) is 25.3 Å². The molecule has 0 bridgehead atoms. The fourth-order valence-electron chi connectivity index (χ4n) is 1.23. The van der Waals surface area contributed by atoms with Crippen LogP contribution in [0.25, 0.3) is 6.08 Å². The van der Waals surface area contributed by atoms with Gasteiger partial charge in [0.2, 0.25) is 5.91 Å². The molecular formula is C9H5BrClNO2S. The molecule has 3 nitrogen and oxygen atoms in total. The molecule has 2 heterocycles. The molecule has 1 aliphatic heterocycles. The van der Waals surface area contributed by atoms with Crippen LogP contribution in [-0.2, 0) is 9.59 Å². The number of halogens is 2. The van der Waals surface area contributed by atoms with Crippen LogP contribution in [0.4, 0.5) is 0 Å². The predicted molar refractivity (Wildman–Crippen MR) is 62.8 cm³/mol. The van der Waals surface area contributed by atoms with Crippen molar-refractivity contribution in [1.29, 1.82) is 0 Å². The van der Waals surface area contributed by atoms with Gasteiger partial charge in [-0.2, -0.15) is 0 Å². The Morgan fingerprint density at radius 1 is 1.53 bits per heavy atom. The average molecular weight is 307 g/mol. The largest absolute Gasteiger partial charge is 0.292 e. The first-order valence-electron chi connectivity index (χ1n) is 4.06. The number of carbonyl (C=O) groups excluding carboxylic acids is 2. The molecule has 0 unspecified atom stereocenters. The van der Waals surface area contributed by atoms with Crippen molar-refractivity contribution >= 4 is 56.8 Å². The molecule has 0 atom stereocenters. The van der Waals surface area contributed by atoms with E-state index in [-0.39, 0.29) is 18.2 Å². The lowest BCUT2D eigenvalue weighted by molar-refractivity contribution is -0.124. The Balaban J connectivity index is 2.30. The van der Waals surface area contributed by atoms with Gasteiger partial charge in [-0.3, -0.25) is 14.9 Å². The van der Waals surface area contributed by atoms with Crippen LogP contribution in [0, 0.1) is 0 Å². The summed E-state index contributed by atoms with van der Waals surface area (Å²) in [6.45, 7) is 0. The molecule has 0 aromatic carbocycles. The van der Waals surface area contributed by atoms with E-state index in [0.717, 1.165) is 9.35 Å². The van der Waals surface area contributed by atoms with Crippen molar-refractivity contribution in [2.45, 2.75) is 6.42 Å². The van der Waals surface area contributed by atoms with Crippen molar-refractivity contribution in [2.24, 2.45) is 0 Å². The Morgan fingerprint density at radius 3 is 2.73 bits per heavy atom. The zero-order valence-corrected chi connectivity index (χ0v) is 10.5. The Morgan fingerprint density at radius 2 is 2.27 bits per heavy atom. The maximum Gasteiger partial charge on any atom is 0.254 e. The Hall–Kier alpha value is -0.650. The van der Waals surface area contributed by atoms with Crippen LogP contribution in [0.5, 0.6) is 0 Å². The summed E-state index contributed by atoms with van der Waals surface area (Å²) in [6.07, 6.45) is 1.83. The molecule has 15 heavy (non-hydrogen) atoms. The second kappa shape index (κ2) is 4.08. The van der Waals surface area contributed by atoms with Crippen molar-refractivity contribution < 1.29 is 9.59 Å². The quantitative estimate of drug-likeness (QED) is 0.640. The minimum atomic E-state index is -0.319. The maximum atomic E-state index is 11.2. The van der Waals surface area contributed by atoms with E-state index >= 15 is 0 Å². The summed E-state index contributed by atoms with van der Waals surface area (Å²) in [5.41, 5.74) is 0.477. The van der Waals surface area contributed by atoms with Gasteiger partial charge < -0.3 is 0 Å². The molecule has 2 amide bonds. The average Bonchev–Trinajstić information content (AvgIpc) is 2.59. The van der Waals surface area contributed by atoms with E-state index in [4.69, 9.17) is 11.6 Å². The van der Waals surface area contributed by atoms with Crippen LogP contribution in [0.15, 0.2) is 16.1 Å². The highest BCUT2D eigenvalue weighted by molar-refractivity contribution is 9.10. The Labute approximate surface area is 103 Å². The van der Waals surface area contributed by atoms with E-state index in [0.29, 0.717) is 9.91 Å². The Kier molecular flexibility index (Phi) is 2.95. The standard InChI is InChI=1S/C9H5BrClNO2S/c10-6-3-5(15-8(6)11)1-4-2-7(13)12-9(4)14/h1,3H,2H2,(H,12,13,14)/b4-1-. The van der Waals surface area contributed by atoms with Crippen molar-refractivity contribution in [1.82, 2.24) is 5.32 Å². The molecule has 1 fully saturated rings. The van der Waals surface area contributed by atoms with Crippen LogP contribution in [-0.4, -0.2) is 11.8 Å². The first-order chi connectivity index (χ1) is 7.06. The third kappa shape index (κ3) is 2.30. The van der Waals surface area contributed by atoms with Crippen LogP contribution in [0.2, 0.25) is 4.34 Å². The van der Waals surface area contributed by atoms with E-state index in [1.54, 1.807) is 6.08 Å². The molecular weight excluding hydrogens is 302 g/mol. The summed E-state index contributed by atoms with van der Waals surface area (Å²) in [7, 11) is 0. The van der Waals surface area contributed by atoms with Gasteiger partial charge in [0.25, 0.3) is 5.91 Å². The molecule has 1 aromatic heterocycles. The molecule has 78 valence electrons. The first kappa shape index (κ1) is 10.9. The van der Waals surface area contributed by atoms with Gasteiger partial charge in [0.05, 0.1) is 6.42 Å². The third-order valence-electron chi connectivity index (χ3n) is 1.88. The normalized spacial score (nSPS) is 18.7. The number of imide groups is 1. The van der Waals surface area contributed by atoms with Crippen LogP contribution in [0.1, 0.15) is 11.3 Å². The molecule has 6 heteroatoms. The molecule has 0 aliphatic carbocycles. The van der Waals surface area contributed by atoms with Crippen molar-refractivity contribution in [2.75, 3.05) is 0 Å². The monoisotopic (exact) mass is 305 g/mol. The van der Waals surface area contributed by atoms with Gasteiger partial charge in [-0.05, 0) is 28.1 Å². The molecule has 0 spiro atoms. The fraction of sp³-hybridized carbons (Fsp3) is 0.111. The minimum absolute atomic E-state index is 0.145. The lowest BCUT2D eigenvalue weighted by Crippen LogP contribution is -2.19. The maximum absolute atomic E-state index is 11.2. The van der Waals surface area contributed by atoms with Gasteiger partial charge in [0, 0.05) is 14.9 Å². The molecule has 1 aliphatic rings. The van der Waals surface area contributed by atoms with Crippen LogP contribution in [0.3, 0.4) is 0 Å². The lowest BCUT2D eigenvalue weighted by atomic mass is 10.2. The number of nitrogens with one attached hydrogen (secondary N) is 1. The molecule has 1 aromatic rings. The van der Waals surface area contributed by atoms with Crippen molar-refractivity contribution in [3.8, 4) is 0 Å². The fourth-order valence-corrected chi connectivity index (χ4v) is 2.93. The molecule has 0 saturated carbocycles. The second-order valence-corrected chi connectivity index (χ2v) is 5.53. The number of rotatable bonds is 1. The summed E-state index contributed by atoms with van der Waals surface area (Å²) >= 11 is 10.5. The summed E-state index contributed by atoms with van der Waals surface area (Å²) < 4.78 is 1.43. The van der Waals surface area contributed by atoms with Gasteiger partial charge >= 0.3 is 0 Å². The van der Waals surface area contributed by atoms with Gasteiger partial charge in [0.15, 0.2) is 0 Å². The van der Waals surface area contributed by atoms with Gasteiger partial charge in [-0.15, -0.1) is 11.3 Å². The first-order valence-corrected chi connectivity index (χ1v) is 6.04. The van der Waals surface area contributed by atoms with E-state index < -0.39 is 0 Å². The summed E-state index contributed by atoms with van der Waals surface area (Å²) in [4.78, 5) is 23.0. The van der Waals surface area contributed by atoms with Crippen LogP contribution < -0.4 is 5.32 Å². The van der Waals surface area contributed by atoms with Gasteiger partial charge in [-0.25, -0.2) is 0 Å². The zero-order chi connectivity index (χ0) is 11.0. The SMILES string of the molecule is O=C1C/C(=C/c2cc(Br)c(Cl)s2)C(=O)N1. The molecule has 1 N–H and O–H groups in total. The van der Waals surface area contributed by atoms with E-state index in [1.807, 2.05) is 6.07 Å². The highest BCUT2D eigenvalue weighted by atomic mass is 79.9. The summed E-state index contributed by atoms with van der Waals surface area (Å²) in [5.74, 6) is -0.575. The Bertz CT molecular complexity index is 461. The van der Waals surface area contributed by atoms with E-state index in [1.165, 1.54) is 11.3 Å². The van der Waals surface area contributed by atoms with E-state index in [9.17, 15) is 9.59 Å². The number of carbonyl (C=O) groups is 2. The third-order valence-corrected chi connectivity index (χ3v) is 4.30. The highest BCUT2D eigenvalue weighted by Gasteiger charge is 2.23. The highest BCUT2D eigenvalue weighted by Crippen LogP contribution is 2.33. The molecule has 0 radical (unpaired) electrons. The van der Waals surface area contributed by atoms with E-state index in [2.05, 4.69) is 21.2 Å². The minimum Gasteiger partial charge on any atom is -0.292 e. The summed E-state index contributed by atoms with van der Waals surface area (Å²) in [6, 6.07) is 1.82. The number of hydrogen-bond donors (Lipinski definition) is 1. The van der Waals surface area contributed by atoms with Crippen molar-refractivity contribution in [3.63, 3.8) is 0 Å². The van der Waals surface area contributed by atoms with Gasteiger partial charge in [-0.1, -0.05) is 11.6 Å². The second-order valence-electron chi connectivity index (χ2n) is 2.99. The lowest BCUT2D eigenvalue weighted by Gasteiger charge is -1.88. The number of amides is 2. The predicted octanol–water partition coefficient (Wildman–Crippen LogP) is 2.59. The number of thiophene rings is 1. The smallest absolute Gasteiger partial charge is 0.254 e. The number of hydrogen-bond acceptors (Lipinski definition) is 3.